The van der Waals surface area contributed by atoms with Gasteiger partial charge in [0, 0.05) is 25.7 Å². The van der Waals surface area contributed by atoms with Crippen LogP contribution < -0.4 is 15.4 Å². The van der Waals surface area contributed by atoms with E-state index < -0.39 is 6.61 Å². The fraction of sp³-hybridized carbons (Fsp3) is 0.562. The second kappa shape index (κ2) is 10.6. The van der Waals surface area contributed by atoms with Gasteiger partial charge < -0.3 is 15.4 Å². The first-order valence-electron chi connectivity index (χ1n) is 7.66. The predicted molar refractivity (Wildman–Crippen MR) is 98.6 cm³/mol. The van der Waals surface area contributed by atoms with Crippen molar-refractivity contribution in [2.24, 2.45) is 10.9 Å². The second-order valence-electron chi connectivity index (χ2n) is 5.42. The molecule has 0 radical (unpaired) electrons. The average molecular weight is 439 g/mol. The summed E-state index contributed by atoms with van der Waals surface area (Å²) in [5, 5.41) is 6.35. The summed E-state index contributed by atoms with van der Waals surface area (Å²) in [6, 6.07) is 6.76. The molecule has 0 atom stereocenters. The maximum atomic E-state index is 12.4. The van der Waals surface area contributed by atoms with Gasteiger partial charge in [-0.1, -0.05) is 31.0 Å². The number of aliphatic imine (C=N–C) groups is 1. The van der Waals surface area contributed by atoms with Crippen molar-refractivity contribution >= 4 is 29.9 Å². The monoisotopic (exact) mass is 439 g/mol. The molecule has 0 spiro atoms. The van der Waals surface area contributed by atoms with Gasteiger partial charge in [-0.15, -0.1) is 24.0 Å². The van der Waals surface area contributed by atoms with Crippen molar-refractivity contribution < 1.29 is 13.5 Å². The first kappa shape index (κ1) is 19.9. The summed E-state index contributed by atoms with van der Waals surface area (Å²) in [7, 11) is 1.69. The minimum absolute atomic E-state index is 0. The molecule has 0 heterocycles. The second-order valence-corrected chi connectivity index (χ2v) is 5.42. The Balaban J connectivity index is 0.00000264. The zero-order chi connectivity index (χ0) is 15.8. The lowest BCUT2D eigenvalue weighted by molar-refractivity contribution is -0.0504. The van der Waals surface area contributed by atoms with E-state index >= 15 is 0 Å². The third-order valence-electron chi connectivity index (χ3n) is 3.64. The molecule has 1 fully saturated rings. The molecule has 0 unspecified atom stereocenters. The molecule has 0 aromatic heterocycles. The molecule has 1 aromatic rings. The highest BCUT2D eigenvalue weighted by atomic mass is 127. The zero-order valence-electron chi connectivity index (χ0n) is 13.2. The van der Waals surface area contributed by atoms with E-state index in [4.69, 9.17) is 0 Å². The Morgan fingerprint density at radius 1 is 1.30 bits per heavy atom. The fourth-order valence-corrected chi connectivity index (χ4v) is 2.26. The Labute approximate surface area is 153 Å². The number of para-hydroxylation sites is 1. The summed E-state index contributed by atoms with van der Waals surface area (Å²) in [4.78, 5) is 4.13. The van der Waals surface area contributed by atoms with Gasteiger partial charge in [0.1, 0.15) is 5.75 Å². The molecule has 2 rings (SSSR count). The summed E-state index contributed by atoms with van der Waals surface area (Å²) < 4.78 is 29.2. The van der Waals surface area contributed by atoms with Crippen molar-refractivity contribution in [3.8, 4) is 5.75 Å². The van der Waals surface area contributed by atoms with Crippen LogP contribution in [-0.2, 0) is 6.54 Å². The molecule has 1 aliphatic rings. The fourth-order valence-electron chi connectivity index (χ4n) is 2.26. The number of nitrogens with one attached hydrogen (secondary N) is 2. The number of hydrogen-bond acceptors (Lipinski definition) is 2. The standard InChI is InChI=1S/C16H23F2N3O.HI/c1-19-16(20-10-4-5-12-8-9-12)21-11-13-6-2-3-7-14(13)22-15(17)18;/h2-3,6-7,12,15H,4-5,8-11H2,1H3,(H2,19,20,21);1H. The molecule has 2 N–H and O–H groups in total. The maximum absolute atomic E-state index is 12.4. The average Bonchev–Trinajstić information content (AvgIpc) is 3.31. The number of halogens is 3. The normalized spacial score (nSPS) is 14.3. The van der Waals surface area contributed by atoms with Crippen LogP contribution in [0.2, 0.25) is 0 Å². The molecule has 0 amide bonds. The zero-order valence-corrected chi connectivity index (χ0v) is 15.6. The van der Waals surface area contributed by atoms with Gasteiger partial charge in [0.15, 0.2) is 5.96 Å². The molecule has 0 saturated heterocycles. The minimum atomic E-state index is -2.82. The van der Waals surface area contributed by atoms with Crippen LogP contribution in [0.1, 0.15) is 31.2 Å². The van der Waals surface area contributed by atoms with Gasteiger partial charge >= 0.3 is 6.61 Å². The predicted octanol–water partition coefficient (Wildman–Crippen LogP) is 3.76. The smallest absolute Gasteiger partial charge is 0.387 e. The number of alkyl halides is 2. The summed E-state index contributed by atoms with van der Waals surface area (Å²) in [5.41, 5.74) is 0.670. The number of benzene rings is 1. The van der Waals surface area contributed by atoms with Crippen molar-refractivity contribution in [3.05, 3.63) is 29.8 Å². The van der Waals surface area contributed by atoms with E-state index in [2.05, 4.69) is 20.4 Å². The molecule has 23 heavy (non-hydrogen) atoms. The number of rotatable bonds is 8. The van der Waals surface area contributed by atoms with Crippen molar-refractivity contribution in [1.82, 2.24) is 10.6 Å². The van der Waals surface area contributed by atoms with Crippen LogP contribution in [0.5, 0.6) is 5.75 Å². The first-order valence-corrected chi connectivity index (χ1v) is 7.66. The Kier molecular flexibility index (Phi) is 9.20. The lowest BCUT2D eigenvalue weighted by Crippen LogP contribution is -2.37. The molecule has 4 nitrogen and oxygen atoms in total. The number of nitrogens with zero attached hydrogens (tertiary/aromatic N) is 1. The van der Waals surface area contributed by atoms with Gasteiger partial charge in [-0.25, -0.2) is 0 Å². The lowest BCUT2D eigenvalue weighted by Gasteiger charge is -2.14. The number of hydrogen-bond donors (Lipinski definition) is 2. The van der Waals surface area contributed by atoms with Crippen molar-refractivity contribution in [1.29, 1.82) is 0 Å². The van der Waals surface area contributed by atoms with Gasteiger partial charge in [-0.3, -0.25) is 4.99 Å². The third kappa shape index (κ3) is 7.81. The van der Waals surface area contributed by atoms with E-state index in [-0.39, 0.29) is 29.7 Å². The molecule has 1 aliphatic carbocycles. The molecule has 1 aromatic carbocycles. The van der Waals surface area contributed by atoms with Gasteiger partial charge in [0.05, 0.1) is 0 Å². The van der Waals surface area contributed by atoms with Crippen molar-refractivity contribution in [2.75, 3.05) is 13.6 Å². The van der Waals surface area contributed by atoms with Crippen molar-refractivity contribution in [2.45, 2.75) is 38.8 Å². The Hall–Kier alpha value is -1.12. The lowest BCUT2D eigenvalue weighted by atomic mass is 10.2. The highest BCUT2D eigenvalue weighted by molar-refractivity contribution is 14.0. The Morgan fingerprint density at radius 3 is 2.70 bits per heavy atom. The quantitative estimate of drug-likeness (QED) is 0.281. The molecule has 1 saturated carbocycles. The topological polar surface area (TPSA) is 45.7 Å². The van der Waals surface area contributed by atoms with Crippen LogP contribution in [0.25, 0.3) is 0 Å². The third-order valence-corrected chi connectivity index (χ3v) is 3.64. The molecule has 0 bridgehead atoms. The van der Waals surface area contributed by atoms with E-state index in [1.54, 1.807) is 25.2 Å². The van der Waals surface area contributed by atoms with Crippen LogP contribution >= 0.6 is 24.0 Å². The van der Waals surface area contributed by atoms with Crippen LogP contribution in [0, 0.1) is 5.92 Å². The molecule has 7 heteroatoms. The van der Waals surface area contributed by atoms with Gasteiger partial charge in [0.2, 0.25) is 0 Å². The summed E-state index contributed by atoms with van der Waals surface area (Å²) in [6.07, 6.45) is 5.12. The van der Waals surface area contributed by atoms with Gasteiger partial charge in [0.25, 0.3) is 0 Å². The minimum Gasteiger partial charge on any atom is -0.434 e. The molecule has 130 valence electrons. The Bertz CT molecular complexity index is 496. The van der Waals surface area contributed by atoms with Crippen molar-refractivity contribution in [3.63, 3.8) is 0 Å². The largest absolute Gasteiger partial charge is 0.434 e. The first-order chi connectivity index (χ1) is 10.7. The van der Waals surface area contributed by atoms with E-state index in [1.807, 2.05) is 0 Å². The molecular formula is C16H24F2IN3O. The van der Waals surface area contributed by atoms with Crippen LogP contribution in [0.15, 0.2) is 29.3 Å². The molecule has 0 aliphatic heterocycles. The van der Waals surface area contributed by atoms with Crippen LogP contribution in [0.4, 0.5) is 8.78 Å². The van der Waals surface area contributed by atoms with E-state index in [9.17, 15) is 8.78 Å². The Morgan fingerprint density at radius 2 is 2.04 bits per heavy atom. The highest BCUT2D eigenvalue weighted by Crippen LogP contribution is 2.33. The number of guanidine groups is 1. The van der Waals surface area contributed by atoms with Gasteiger partial charge in [-0.2, -0.15) is 8.78 Å². The number of ether oxygens (including phenoxy) is 1. The maximum Gasteiger partial charge on any atom is 0.387 e. The van der Waals surface area contributed by atoms with Crippen LogP contribution in [-0.4, -0.2) is 26.2 Å². The van der Waals surface area contributed by atoms with E-state index in [0.29, 0.717) is 18.1 Å². The van der Waals surface area contributed by atoms with E-state index in [0.717, 1.165) is 18.9 Å². The van der Waals surface area contributed by atoms with Crippen LogP contribution in [0.3, 0.4) is 0 Å². The highest BCUT2D eigenvalue weighted by Gasteiger charge is 2.20. The summed E-state index contributed by atoms with van der Waals surface area (Å²) >= 11 is 0. The van der Waals surface area contributed by atoms with E-state index in [1.165, 1.54) is 25.3 Å². The van der Waals surface area contributed by atoms with Gasteiger partial charge in [-0.05, 0) is 24.8 Å². The summed E-state index contributed by atoms with van der Waals surface area (Å²) in [5.74, 6) is 1.78. The SMILES string of the molecule is CN=C(NCCCC1CC1)NCc1ccccc1OC(F)F.I. The summed E-state index contributed by atoms with van der Waals surface area (Å²) in [6.45, 7) is -1.57. The molecular weight excluding hydrogens is 415 g/mol.